The van der Waals surface area contributed by atoms with Gasteiger partial charge in [-0.05, 0) is 128 Å². The first-order chi connectivity index (χ1) is 26.1. The molecule has 0 aromatic heterocycles. The second-order valence-electron chi connectivity index (χ2n) is 15.2. The molecule has 0 nitrogen and oxygen atoms in total. The maximum atomic E-state index is 2.43. The van der Waals surface area contributed by atoms with Crippen molar-refractivity contribution in [2.75, 3.05) is 0 Å². The van der Waals surface area contributed by atoms with Crippen molar-refractivity contribution in [3.63, 3.8) is 0 Å². The van der Waals surface area contributed by atoms with Crippen LogP contribution in [0.4, 0.5) is 0 Å². The van der Waals surface area contributed by atoms with Crippen LogP contribution < -0.4 is 0 Å². The van der Waals surface area contributed by atoms with Crippen molar-refractivity contribution >= 4 is 53.9 Å². The van der Waals surface area contributed by atoms with Gasteiger partial charge in [0.05, 0.1) is 0 Å². The van der Waals surface area contributed by atoms with Gasteiger partial charge in [-0.1, -0.05) is 178 Å². The van der Waals surface area contributed by atoms with Crippen molar-refractivity contribution < 1.29 is 0 Å². The van der Waals surface area contributed by atoms with E-state index in [1.54, 1.807) is 0 Å². The zero-order chi connectivity index (χ0) is 35.3. The van der Waals surface area contributed by atoms with Crippen LogP contribution in [0, 0.1) is 0 Å². The number of rotatable bonds is 3. The lowest BCUT2D eigenvalue weighted by molar-refractivity contribution is 0.666. The summed E-state index contributed by atoms with van der Waals surface area (Å²) in [5, 5.41) is 13.0. The molecule has 0 saturated carbocycles. The van der Waals surface area contributed by atoms with Crippen molar-refractivity contribution in [3.05, 3.63) is 193 Å². The maximum Gasteiger partial charge on any atom is 0.0165 e. The lowest BCUT2D eigenvalue weighted by atomic mass is 9.79. The Morgan fingerprint density at radius 1 is 0.302 bits per heavy atom. The fourth-order valence-corrected chi connectivity index (χ4v) is 9.62. The Labute approximate surface area is 309 Å². The van der Waals surface area contributed by atoms with Crippen LogP contribution in [0.2, 0.25) is 0 Å². The Hall–Kier alpha value is -6.50. The summed E-state index contributed by atoms with van der Waals surface area (Å²) < 4.78 is 0. The molecule has 10 aromatic rings. The molecule has 1 aliphatic carbocycles. The summed E-state index contributed by atoms with van der Waals surface area (Å²) >= 11 is 0. The fraction of sp³-hybridized carbons (Fsp3) is 0.0566. The van der Waals surface area contributed by atoms with Crippen LogP contribution in [-0.2, 0) is 5.41 Å². The highest BCUT2D eigenvalue weighted by molar-refractivity contribution is 6.22. The summed E-state index contributed by atoms with van der Waals surface area (Å²) in [6, 6.07) is 67.7. The standard InChI is InChI=1S/C53H36/c1-53(2)48-23-13-12-22-46(48)51-40-17-7-6-16-39(40)47-32-37(28-29-45(47)52(51)53)35-24-25-36-31-38(27-26-34(36)30-35)50-43-20-10-8-18-41(43)49(33-14-4-3-5-15-33)42-19-9-11-21-44(42)50/h3-32H,1-2H3. The van der Waals surface area contributed by atoms with Crippen LogP contribution in [0.1, 0.15) is 25.0 Å². The predicted octanol–water partition coefficient (Wildman–Crippen LogP) is 14.8. The minimum Gasteiger partial charge on any atom is -0.0622 e. The number of fused-ring (bicyclic) bond motifs is 11. The third-order valence-electron chi connectivity index (χ3n) is 12.0. The van der Waals surface area contributed by atoms with Gasteiger partial charge in [0.25, 0.3) is 0 Å². The largest absolute Gasteiger partial charge is 0.0622 e. The first-order valence-corrected chi connectivity index (χ1v) is 18.7. The third kappa shape index (κ3) is 4.36. The normalized spacial score (nSPS) is 13.2. The molecule has 0 heteroatoms. The maximum absolute atomic E-state index is 2.43. The molecular weight excluding hydrogens is 637 g/mol. The average Bonchev–Trinajstić information content (AvgIpc) is 3.46. The monoisotopic (exact) mass is 672 g/mol. The van der Waals surface area contributed by atoms with Gasteiger partial charge in [0.2, 0.25) is 0 Å². The van der Waals surface area contributed by atoms with Gasteiger partial charge in [-0.25, -0.2) is 0 Å². The minimum absolute atomic E-state index is 0.0745. The zero-order valence-corrected chi connectivity index (χ0v) is 29.8. The van der Waals surface area contributed by atoms with E-state index in [9.17, 15) is 0 Å². The van der Waals surface area contributed by atoms with E-state index in [-0.39, 0.29) is 5.41 Å². The van der Waals surface area contributed by atoms with Gasteiger partial charge in [0.1, 0.15) is 0 Å². The Kier molecular flexibility index (Phi) is 6.40. The second-order valence-corrected chi connectivity index (χ2v) is 15.2. The molecule has 0 bridgehead atoms. The van der Waals surface area contributed by atoms with Crippen molar-refractivity contribution in [2.45, 2.75) is 19.3 Å². The first kappa shape index (κ1) is 30.2. The van der Waals surface area contributed by atoms with E-state index in [1.807, 2.05) is 0 Å². The summed E-state index contributed by atoms with van der Waals surface area (Å²) in [6.45, 7) is 4.78. The van der Waals surface area contributed by atoms with Crippen LogP contribution in [0.5, 0.6) is 0 Å². The highest BCUT2D eigenvalue weighted by Gasteiger charge is 2.38. The summed E-state index contributed by atoms with van der Waals surface area (Å²) in [7, 11) is 0. The van der Waals surface area contributed by atoms with Gasteiger partial charge < -0.3 is 0 Å². The van der Waals surface area contributed by atoms with E-state index in [0.29, 0.717) is 0 Å². The zero-order valence-electron chi connectivity index (χ0n) is 29.8. The quantitative estimate of drug-likeness (QED) is 0.129. The number of benzene rings is 10. The Bertz CT molecular complexity index is 3070. The van der Waals surface area contributed by atoms with Crippen LogP contribution in [-0.4, -0.2) is 0 Å². The molecule has 0 saturated heterocycles. The number of hydrogen-bond donors (Lipinski definition) is 0. The molecule has 0 aliphatic heterocycles. The van der Waals surface area contributed by atoms with Gasteiger partial charge in [0.15, 0.2) is 0 Å². The predicted molar refractivity (Wildman–Crippen MR) is 228 cm³/mol. The molecular formula is C53H36. The lowest BCUT2D eigenvalue weighted by Gasteiger charge is -2.24. The van der Waals surface area contributed by atoms with Gasteiger partial charge in [0, 0.05) is 5.41 Å². The third-order valence-corrected chi connectivity index (χ3v) is 12.0. The summed E-state index contributed by atoms with van der Waals surface area (Å²) in [4.78, 5) is 0. The van der Waals surface area contributed by atoms with Gasteiger partial charge in [-0.3, -0.25) is 0 Å². The molecule has 53 heavy (non-hydrogen) atoms. The fourth-order valence-electron chi connectivity index (χ4n) is 9.62. The molecule has 10 aromatic carbocycles. The number of hydrogen-bond acceptors (Lipinski definition) is 0. The van der Waals surface area contributed by atoms with E-state index in [0.717, 1.165) is 0 Å². The van der Waals surface area contributed by atoms with E-state index in [1.165, 1.54) is 109 Å². The van der Waals surface area contributed by atoms with Crippen LogP contribution in [0.25, 0.3) is 98.4 Å². The summed E-state index contributed by atoms with van der Waals surface area (Å²) in [6.07, 6.45) is 0. The molecule has 0 radical (unpaired) electrons. The highest BCUT2D eigenvalue weighted by Crippen LogP contribution is 2.54. The van der Waals surface area contributed by atoms with Crippen molar-refractivity contribution in [1.29, 1.82) is 0 Å². The van der Waals surface area contributed by atoms with Crippen LogP contribution >= 0.6 is 0 Å². The van der Waals surface area contributed by atoms with Gasteiger partial charge in [-0.15, -0.1) is 0 Å². The minimum atomic E-state index is -0.0745. The SMILES string of the molecule is CC1(C)c2ccccc2-c2c1c1ccc(-c3ccc4cc(-c5c6ccccc6c(-c6ccccc6)c6ccccc56)ccc4c3)cc1c1ccccc21. The molecule has 0 heterocycles. The van der Waals surface area contributed by atoms with Crippen LogP contribution in [0.3, 0.4) is 0 Å². The van der Waals surface area contributed by atoms with Crippen molar-refractivity contribution in [2.24, 2.45) is 0 Å². The molecule has 0 atom stereocenters. The Balaban J connectivity index is 1.07. The molecule has 0 amide bonds. The molecule has 0 unspecified atom stereocenters. The summed E-state index contributed by atoms with van der Waals surface area (Å²) in [5.74, 6) is 0. The van der Waals surface area contributed by atoms with Gasteiger partial charge in [-0.2, -0.15) is 0 Å². The molecule has 0 fully saturated rings. The van der Waals surface area contributed by atoms with E-state index >= 15 is 0 Å². The van der Waals surface area contributed by atoms with E-state index < -0.39 is 0 Å². The molecule has 0 N–H and O–H groups in total. The molecule has 1 aliphatic rings. The van der Waals surface area contributed by atoms with Crippen molar-refractivity contribution in [1.82, 2.24) is 0 Å². The Morgan fingerprint density at radius 3 is 1.43 bits per heavy atom. The average molecular weight is 673 g/mol. The second kappa shape index (κ2) is 11.2. The highest BCUT2D eigenvalue weighted by atomic mass is 14.4. The molecule has 11 rings (SSSR count). The van der Waals surface area contributed by atoms with Crippen molar-refractivity contribution in [3.8, 4) is 44.5 Å². The summed E-state index contributed by atoms with van der Waals surface area (Å²) in [5.41, 5.74) is 13.1. The lowest BCUT2D eigenvalue weighted by Crippen LogP contribution is -2.15. The first-order valence-electron chi connectivity index (χ1n) is 18.7. The van der Waals surface area contributed by atoms with Gasteiger partial charge >= 0.3 is 0 Å². The van der Waals surface area contributed by atoms with E-state index in [4.69, 9.17) is 0 Å². The molecule has 248 valence electrons. The smallest absolute Gasteiger partial charge is 0.0165 e. The van der Waals surface area contributed by atoms with E-state index in [2.05, 4.69) is 196 Å². The topological polar surface area (TPSA) is 0 Å². The Morgan fingerprint density at radius 2 is 0.774 bits per heavy atom. The molecule has 0 spiro atoms. The van der Waals surface area contributed by atoms with Crippen LogP contribution in [0.15, 0.2) is 182 Å².